The van der Waals surface area contributed by atoms with Crippen molar-refractivity contribution in [3.05, 3.63) is 51.7 Å². The monoisotopic (exact) mass is 372 g/mol. The fraction of sp³-hybridized carbons (Fsp3) is 0.476. The van der Waals surface area contributed by atoms with E-state index in [1.54, 1.807) is 18.3 Å². The van der Waals surface area contributed by atoms with Gasteiger partial charge in [0.25, 0.3) is 5.91 Å². The first-order chi connectivity index (χ1) is 12.4. The minimum absolute atomic E-state index is 0.0110. The Hall–Kier alpha value is -1.85. The van der Waals surface area contributed by atoms with E-state index in [1.807, 2.05) is 49.3 Å². The molecule has 2 N–H and O–H groups in total. The van der Waals surface area contributed by atoms with Crippen molar-refractivity contribution in [3.63, 3.8) is 0 Å². The zero-order chi connectivity index (χ0) is 18.7. The van der Waals surface area contributed by atoms with Crippen LogP contribution < -0.4 is 10.2 Å². The highest BCUT2D eigenvalue weighted by atomic mass is 32.1. The quantitative estimate of drug-likeness (QED) is 0.802. The number of rotatable bonds is 6. The molecular formula is C21H28N2O2S. The predicted molar refractivity (Wildman–Crippen MR) is 108 cm³/mol. The SMILES string of the molecule is CC(O)c1ccc(C2(CNC(=O)c3ccc(N(C)C)cc3)CCCC2)s1. The number of hydrogen-bond acceptors (Lipinski definition) is 4. The maximum absolute atomic E-state index is 12.6. The van der Waals surface area contributed by atoms with Crippen LogP contribution in [0, 0.1) is 0 Å². The van der Waals surface area contributed by atoms with Crippen LogP contribution in [0.15, 0.2) is 36.4 Å². The third-order valence-corrected chi connectivity index (χ3v) is 6.86. The van der Waals surface area contributed by atoms with Crippen molar-refractivity contribution in [3.8, 4) is 0 Å². The van der Waals surface area contributed by atoms with Crippen molar-refractivity contribution < 1.29 is 9.90 Å². The van der Waals surface area contributed by atoms with Gasteiger partial charge in [0.05, 0.1) is 6.10 Å². The van der Waals surface area contributed by atoms with Crippen LogP contribution in [0.4, 0.5) is 5.69 Å². The summed E-state index contributed by atoms with van der Waals surface area (Å²) in [5.74, 6) is -0.0195. The maximum Gasteiger partial charge on any atom is 0.251 e. The number of amides is 1. The van der Waals surface area contributed by atoms with Gasteiger partial charge in [-0.1, -0.05) is 12.8 Å². The highest BCUT2D eigenvalue weighted by molar-refractivity contribution is 7.12. The minimum Gasteiger partial charge on any atom is -0.388 e. The van der Waals surface area contributed by atoms with Gasteiger partial charge >= 0.3 is 0 Å². The Morgan fingerprint density at radius 3 is 2.38 bits per heavy atom. The van der Waals surface area contributed by atoms with Gasteiger partial charge in [0.1, 0.15) is 0 Å². The summed E-state index contributed by atoms with van der Waals surface area (Å²) in [5, 5.41) is 13.0. The average molecular weight is 373 g/mol. The van der Waals surface area contributed by atoms with Gasteiger partial charge in [-0.05, 0) is 56.2 Å². The summed E-state index contributed by atoms with van der Waals surface area (Å²) >= 11 is 1.68. The predicted octanol–water partition coefficient (Wildman–Crippen LogP) is 4.11. The summed E-state index contributed by atoms with van der Waals surface area (Å²) in [7, 11) is 3.98. The molecule has 1 saturated carbocycles. The van der Waals surface area contributed by atoms with Crippen LogP contribution in [0.1, 0.15) is 58.8 Å². The molecule has 0 saturated heterocycles. The molecule has 4 nitrogen and oxygen atoms in total. The van der Waals surface area contributed by atoms with Gasteiger partial charge < -0.3 is 15.3 Å². The molecule has 1 atom stereocenters. The van der Waals surface area contributed by atoms with E-state index >= 15 is 0 Å². The lowest BCUT2D eigenvalue weighted by molar-refractivity contribution is 0.0943. The second kappa shape index (κ2) is 7.80. The van der Waals surface area contributed by atoms with Gasteiger partial charge in [-0.15, -0.1) is 11.3 Å². The van der Waals surface area contributed by atoms with Gasteiger partial charge in [0.2, 0.25) is 0 Å². The van der Waals surface area contributed by atoms with Crippen LogP contribution in [0.5, 0.6) is 0 Å². The molecule has 3 rings (SSSR count). The summed E-state index contributed by atoms with van der Waals surface area (Å²) in [6.07, 6.45) is 4.13. The van der Waals surface area contributed by atoms with Crippen LogP contribution >= 0.6 is 11.3 Å². The first-order valence-corrected chi connectivity index (χ1v) is 10.1. The van der Waals surface area contributed by atoms with E-state index in [0.717, 1.165) is 23.4 Å². The number of carbonyl (C=O) groups is 1. The first-order valence-electron chi connectivity index (χ1n) is 9.25. The van der Waals surface area contributed by atoms with Crippen molar-refractivity contribution in [2.24, 2.45) is 0 Å². The normalized spacial score (nSPS) is 17.1. The van der Waals surface area contributed by atoms with Gasteiger partial charge in [-0.3, -0.25) is 4.79 Å². The molecular weight excluding hydrogens is 344 g/mol. The molecule has 1 aromatic carbocycles. The molecule has 2 aromatic rings. The molecule has 5 heteroatoms. The van der Waals surface area contributed by atoms with Gasteiger partial charge in [-0.2, -0.15) is 0 Å². The molecule has 1 aromatic heterocycles. The zero-order valence-corrected chi connectivity index (χ0v) is 16.6. The lowest BCUT2D eigenvalue weighted by Gasteiger charge is -2.28. The number of nitrogens with zero attached hydrogens (tertiary/aromatic N) is 1. The van der Waals surface area contributed by atoms with E-state index in [9.17, 15) is 9.90 Å². The molecule has 1 aliphatic rings. The molecule has 0 radical (unpaired) electrons. The number of thiophene rings is 1. The van der Waals surface area contributed by atoms with E-state index in [-0.39, 0.29) is 11.3 Å². The van der Waals surface area contributed by atoms with Gasteiger partial charge in [-0.25, -0.2) is 0 Å². The highest BCUT2D eigenvalue weighted by Gasteiger charge is 2.37. The lowest BCUT2D eigenvalue weighted by Crippen LogP contribution is -2.38. The van der Waals surface area contributed by atoms with Crippen LogP contribution in [-0.2, 0) is 5.41 Å². The number of anilines is 1. The Balaban J connectivity index is 1.71. The Morgan fingerprint density at radius 1 is 1.19 bits per heavy atom. The van der Waals surface area contributed by atoms with Crippen molar-refractivity contribution in [2.45, 2.75) is 44.1 Å². The summed E-state index contributed by atoms with van der Waals surface area (Å²) in [4.78, 5) is 16.9. The molecule has 0 aliphatic heterocycles. The number of hydrogen-bond donors (Lipinski definition) is 2. The van der Waals surface area contributed by atoms with Crippen LogP contribution in [0.25, 0.3) is 0 Å². The number of aliphatic hydroxyl groups excluding tert-OH is 1. The van der Waals surface area contributed by atoms with E-state index in [0.29, 0.717) is 12.1 Å². The Kier molecular flexibility index (Phi) is 5.68. The fourth-order valence-electron chi connectivity index (χ4n) is 3.69. The van der Waals surface area contributed by atoms with Gasteiger partial charge in [0.15, 0.2) is 0 Å². The van der Waals surface area contributed by atoms with Crippen molar-refractivity contribution in [1.29, 1.82) is 0 Å². The molecule has 1 aliphatic carbocycles. The summed E-state index contributed by atoms with van der Waals surface area (Å²) in [5.41, 5.74) is 1.79. The Bertz CT molecular complexity index is 744. The standard InChI is InChI=1S/C21H28N2O2S/c1-15(24)18-10-11-19(26-18)21(12-4-5-13-21)14-22-20(25)16-6-8-17(9-7-16)23(2)3/h6-11,15,24H,4-5,12-14H2,1-3H3,(H,22,25). The smallest absolute Gasteiger partial charge is 0.251 e. The summed E-state index contributed by atoms with van der Waals surface area (Å²) < 4.78 is 0. The molecule has 0 bridgehead atoms. The topological polar surface area (TPSA) is 52.6 Å². The molecule has 1 heterocycles. The molecule has 1 fully saturated rings. The minimum atomic E-state index is -0.433. The van der Waals surface area contributed by atoms with Crippen LogP contribution in [0.2, 0.25) is 0 Å². The third-order valence-electron chi connectivity index (χ3n) is 5.36. The second-order valence-corrected chi connectivity index (χ2v) is 8.60. The van der Waals surface area contributed by atoms with E-state index < -0.39 is 6.10 Å². The highest BCUT2D eigenvalue weighted by Crippen LogP contribution is 2.44. The molecule has 26 heavy (non-hydrogen) atoms. The second-order valence-electron chi connectivity index (χ2n) is 7.49. The van der Waals surface area contributed by atoms with Crippen LogP contribution in [-0.4, -0.2) is 31.7 Å². The zero-order valence-electron chi connectivity index (χ0n) is 15.8. The van der Waals surface area contributed by atoms with Crippen molar-refractivity contribution in [2.75, 3.05) is 25.5 Å². The number of nitrogens with one attached hydrogen (secondary N) is 1. The summed E-state index contributed by atoms with van der Waals surface area (Å²) in [6.45, 7) is 2.46. The molecule has 140 valence electrons. The van der Waals surface area contributed by atoms with Crippen LogP contribution in [0.3, 0.4) is 0 Å². The Morgan fingerprint density at radius 2 is 1.85 bits per heavy atom. The largest absolute Gasteiger partial charge is 0.388 e. The maximum atomic E-state index is 12.6. The van der Waals surface area contributed by atoms with E-state index in [1.165, 1.54) is 17.7 Å². The average Bonchev–Trinajstić information content (AvgIpc) is 3.30. The fourth-order valence-corrected chi connectivity index (χ4v) is 4.88. The molecule has 0 spiro atoms. The van der Waals surface area contributed by atoms with E-state index in [4.69, 9.17) is 0 Å². The summed E-state index contributed by atoms with van der Waals surface area (Å²) in [6, 6.07) is 11.8. The van der Waals surface area contributed by atoms with Crippen molar-refractivity contribution >= 4 is 22.9 Å². The Labute approximate surface area is 159 Å². The first kappa shape index (κ1) is 18.9. The van der Waals surface area contributed by atoms with Gasteiger partial charge in [0, 0.05) is 47.1 Å². The third kappa shape index (κ3) is 3.94. The molecule has 1 unspecified atom stereocenters. The number of carbonyl (C=O) groups excluding carboxylic acids is 1. The van der Waals surface area contributed by atoms with E-state index in [2.05, 4.69) is 11.4 Å². The van der Waals surface area contributed by atoms with Crippen molar-refractivity contribution in [1.82, 2.24) is 5.32 Å². The number of aliphatic hydroxyl groups is 1. The number of benzene rings is 1. The molecule has 1 amide bonds. The lowest BCUT2D eigenvalue weighted by atomic mass is 9.84.